The van der Waals surface area contributed by atoms with E-state index in [2.05, 4.69) is 4.98 Å². The van der Waals surface area contributed by atoms with Crippen LogP contribution in [-0.2, 0) is 24.2 Å². The molecular formula is C22H21NO3. The molecule has 3 rings (SSSR count). The minimum Gasteiger partial charge on any atom is -0.473 e. The number of aromatic nitrogens is 1. The highest BCUT2D eigenvalue weighted by molar-refractivity contribution is 5.89. The quantitative estimate of drug-likeness (QED) is 0.600. The van der Waals surface area contributed by atoms with Crippen LogP contribution in [0.2, 0.25) is 0 Å². The van der Waals surface area contributed by atoms with Crippen LogP contribution in [0.5, 0.6) is 5.88 Å². The summed E-state index contributed by atoms with van der Waals surface area (Å²) in [5, 5.41) is 0. The third-order valence-corrected chi connectivity index (χ3v) is 4.13. The maximum Gasteiger partial charge on any atom is 0.337 e. The first-order chi connectivity index (χ1) is 12.8. The zero-order valence-corrected chi connectivity index (χ0v) is 14.7. The number of aryl methyl sites for hydroxylation is 2. The first kappa shape index (κ1) is 17.7. The Bertz CT molecular complexity index is 845. The molecule has 1 heterocycles. The Labute approximate surface area is 153 Å². The van der Waals surface area contributed by atoms with Gasteiger partial charge in [-0.05, 0) is 42.2 Å². The Hall–Kier alpha value is -3.14. The van der Waals surface area contributed by atoms with Crippen molar-refractivity contribution in [2.24, 2.45) is 0 Å². The minimum atomic E-state index is -0.319. The van der Waals surface area contributed by atoms with Crippen LogP contribution in [0.1, 0.15) is 27.0 Å². The third-order valence-electron chi connectivity index (χ3n) is 4.13. The molecule has 0 aliphatic carbocycles. The SMILES string of the molecule is COC(=O)c1ccc(CCc2cccnc2OCc2ccccc2)cc1. The van der Waals surface area contributed by atoms with Gasteiger partial charge in [0, 0.05) is 11.8 Å². The van der Waals surface area contributed by atoms with Gasteiger partial charge in [0.15, 0.2) is 0 Å². The van der Waals surface area contributed by atoms with Gasteiger partial charge in [0.05, 0.1) is 12.7 Å². The predicted octanol–water partition coefficient (Wildman–Crippen LogP) is 4.23. The Balaban J connectivity index is 1.62. The summed E-state index contributed by atoms with van der Waals surface area (Å²) in [6.45, 7) is 0.499. The number of nitrogens with zero attached hydrogens (tertiary/aromatic N) is 1. The second-order valence-electron chi connectivity index (χ2n) is 5.93. The van der Waals surface area contributed by atoms with Crippen molar-refractivity contribution < 1.29 is 14.3 Å². The van der Waals surface area contributed by atoms with Crippen LogP contribution < -0.4 is 4.74 Å². The molecule has 0 N–H and O–H groups in total. The van der Waals surface area contributed by atoms with Crippen molar-refractivity contribution in [1.29, 1.82) is 0 Å². The van der Waals surface area contributed by atoms with Crippen LogP contribution in [0.25, 0.3) is 0 Å². The van der Waals surface area contributed by atoms with Gasteiger partial charge in [0.25, 0.3) is 0 Å². The molecule has 132 valence electrons. The van der Waals surface area contributed by atoms with Gasteiger partial charge in [0.1, 0.15) is 6.61 Å². The number of hydrogen-bond donors (Lipinski definition) is 0. The molecule has 0 atom stereocenters. The Morgan fingerprint density at radius 2 is 1.65 bits per heavy atom. The van der Waals surface area contributed by atoms with Gasteiger partial charge in [-0.2, -0.15) is 0 Å². The number of ether oxygens (including phenoxy) is 2. The summed E-state index contributed by atoms with van der Waals surface area (Å²) in [5.41, 5.74) is 3.89. The molecule has 0 unspecified atom stereocenters. The molecule has 0 amide bonds. The van der Waals surface area contributed by atoms with Crippen LogP contribution in [0.15, 0.2) is 72.9 Å². The van der Waals surface area contributed by atoms with Gasteiger partial charge in [0.2, 0.25) is 5.88 Å². The fourth-order valence-electron chi connectivity index (χ4n) is 2.67. The average Bonchev–Trinajstić information content (AvgIpc) is 2.72. The summed E-state index contributed by atoms with van der Waals surface area (Å²) in [6.07, 6.45) is 3.40. The summed E-state index contributed by atoms with van der Waals surface area (Å²) in [5.74, 6) is 0.350. The lowest BCUT2D eigenvalue weighted by Crippen LogP contribution is -2.03. The molecule has 0 saturated heterocycles. The molecule has 2 aromatic carbocycles. The van der Waals surface area contributed by atoms with Gasteiger partial charge in [-0.25, -0.2) is 9.78 Å². The molecule has 0 bridgehead atoms. The minimum absolute atomic E-state index is 0.319. The molecule has 0 spiro atoms. The van der Waals surface area contributed by atoms with Crippen LogP contribution in [-0.4, -0.2) is 18.1 Å². The van der Waals surface area contributed by atoms with E-state index >= 15 is 0 Å². The van der Waals surface area contributed by atoms with E-state index in [-0.39, 0.29) is 5.97 Å². The largest absolute Gasteiger partial charge is 0.473 e. The van der Waals surface area contributed by atoms with Crippen molar-refractivity contribution in [1.82, 2.24) is 4.98 Å². The van der Waals surface area contributed by atoms with Crippen LogP contribution in [0.3, 0.4) is 0 Å². The second kappa shape index (κ2) is 8.81. The molecular weight excluding hydrogens is 326 g/mol. The van der Waals surface area contributed by atoms with E-state index in [0.29, 0.717) is 18.1 Å². The number of esters is 1. The van der Waals surface area contributed by atoms with Crippen molar-refractivity contribution in [2.45, 2.75) is 19.4 Å². The molecule has 4 nitrogen and oxygen atoms in total. The highest BCUT2D eigenvalue weighted by Gasteiger charge is 2.07. The molecule has 0 fully saturated rings. The monoisotopic (exact) mass is 347 g/mol. The van der Waals surface area contributed by atoms with Crippen LogP contribution in [0, 0.1) is 0 Å². The number of rotatable bonds is 7. The van der Waals surface area contributed by atoms with Gasteiger partial charge in [-0.15, -0.1) is 0 Å². The summed E-state index contributed by atoms with van der Waals surface area (Å²) in [4.78, 5) is 15.9. The molecule has 0 radical (unpaired) electrons. The molecule has 3 aromatic rings. The predicted molar refractivity (Wildman–Crippen MR) is 100 cm³/mol. The standard InChI is InChI=1S/C22H21NO3/c1-25-22(24)20-13-10-17(11-14-20)9-12-19-8-5-15-23-21(19)26-16-18-6-3-2-4-7-18/h2-8,10-11,13-15H,9,12,16H2,1H3. The summed E-state index contributed by atoms with van der Waals surface area (Å²) in [6, 6.07) is 21.5. The van der Waals surface area contributed by atoms with E-state index in [1.165, 1.54) is 7.11 Å². The number of carbonyl (C=O) groups is 1. The summed E-state index contributed by atoms with van der Waals surface area (Å²) in [7, 11) is 1.38. The fraction of sp³-hybridized carbons (Fsp3) is 0.182. The zero-order valence-electron chi connectivity index (χ0n) is 14.7. The van der Waals surface area contributed by atoms with Crippen molar-refractivity contribution in [3.05, 3.63) is 95.2 Å². The van der Waals surface area contributed by atoms with E-state index in [0.717, 1.165) is 29.5 Å². The number of pyridine rings is 1. The van der Waals surface area contributed by atoms with Gasteiger partial charge in [-0.1, -0.05) is 48.5 Å². The normalized spacial score (nSPS) is 10.3. The van der Waals surface area contributed by atoms with Crippen molar-refractivity contribution in [2.75, 3.05) is 7.11 Å². The fourth-order valence-corrected chi connectivity index (χ4v) is 2.67. The maximum atomic E-state index is 11.5. The highest BCUT2D eigenvalue weighted by atomic mass is 16.5. The molecule has 4 heteroatoms. The topological polar surface area (TPSA) is 48.4 Å². The van der Waals surface area contributed by atoms with E-state index in [1.807, 2.05) is 54.6 Å². The van der Waals surface area contributed by atoms with E-state index in [1.54, 1.807) is 18.3 Å². The lowest BCUT2D eigenvalue weighted by atomic mass is 10.0. The smallest absolute Gasteiger partial charge is 0.337 e. The number of carbonyl (C=O) groups excluding carboxylic acids is 1. The molecule has 0 aliphatic heterocycles. The molecule has 1 aromatic heterocycles. The second-order valence-corrected chi connectivity index (χ2v) is 5.93. The average molecular weight is 347 g/mol. The molecule has 26 heavy (non-hydrogen) atoms. The Morgan fingerprint density at radius 3 is 2.38 bits per heavy atom. The molecule has 0 saturated carbocycles. The van der Waals surface area contributed by atoms with E-state index in [4.69, 9.17) is 9.47 Å². The van der Waals surface area contributed by atoms with E-state index < -0.39 is 0 Å². The Morgan fingerprint density at radius 1 is 0.885 bits per heavy atom. The van der Waals surface area contributed by atoms with Crippen molar-refractivity contribution in [3.8, 4) is 5.88 Å². The lowest BCUT2D eigenvalue weighted by Gasteiger charge is -2.10. The van der Waals surface area contributed by atoms with Crippen molar-refractivity contribution >= 4 is 5.97 Å². The maximum absolute atomic E-state index is 11.5. The number of benzene rings is 2. The first-order valence-electron chi connectivity index (χ1n) is 8.54. The number of hydrogen-bond acceptors (Lipinski definition) is 4. The highest BCUT2D eigenvalue weighted by Crippen LogP contribution is 2.19. The van der Waals surface area contributed by atoms with Gasteiger partial charge in [-0.3, -0.25) is 0 Å². The summed E-state index contributed by atoms with van der Waals surface area (Å²) >= 11 is 0. The van der Waals surface area contributed by atoms with Crippen LogP contribution in [0.4, 0.5) is 0 Å². The van der Waals surface area contributed by atoms with Gasteiger partial charge >= 0.3 is 5.97 Å². The van der Waals surface area contributed by atoms with Gasteiger partial charge < -0.3 is 9.47 Å². The van der Waals surface area contributed by atoms with Crippen molar-refractivity contribution in [3.63, 3.8) is 0 Å². The third kappa shape index (κ3) is 4.70. The summed E-state index contributed by atoms with van der Waals surface area (Å²) < 4.78 is 10.6. The van der Waals surface area contributed by atoms with Crippen LogP contribution >= 0.6 is 0 Å². The van der Waals surface area contributed by atoms with E-state index in [9.17, 15) is 4.79 Å². The number of methoxy groups -OCH3 is 1. The lowest BCUT2D eigenvalue weighted by molar-refractivity contribution is 0.0600. The molecule has 0 aliphatic rings. The first-order valence-corrected chi connectivity index (χ1v) is 8.54. The Kier molecular flexibility index (Phi) is 5.99. The zero-order chi connectivity index (χ0) is 18.2.